The fourth-order valence-corrected chi connectivity index (χ4v) is 2.69. The Bertz CT molecular complexity index is 486. The highest BCUT2D eigenvalue weighted by Crippen LogP contribution is 2.08. The van der Waals surface area contributed by atoms with E-state index in [-0.39, 0.29) is 0 Å². The largest absolute Gasteiger partial charge is 0.299 e. The zero-order valence-electron chi connectivity index (χ0n) is 11.9. The zero-order chi connectivity index (χ0) is 13.6. The fraction of sp³-hybridized carbons (Fsp3) is 0.438. The summed E-state index contributed by atoms with van der Waals surface area (Å²) in [6.45, 7) is 7.81. The molecule has 1 fully saturated rings. The molecule has 1 aromatic heterocycles. The van der Waals surface area contributed by atoms with Crippen LogP contribution in [0.25, 0.3) is 0 Å². The molecule has 2 heterocycles. The molecule has 0 spiro atoms. The number of hydrogen-bond donors (Lipinski definition) is 0. The normalized spacial score (nSPS) is 17.4. The standard InChI is InChI=1S/C16H22N4/c1-2-5-16(6-3-1)15-19-11-9-18(10-12-19)13-14-20-8-4-7-17-20/h1-8H,9-15H2. The van der Waals surface area contributed by atoms with Crippen molar-refractivity contribution in [3.63, 3.8) is 0 Å². The third-order valence-electron chi connectivity index (χ3n) is 3.92. The number of piperazine rings is 1. The molecule has 20 heavy (non-hydrogen) atoms. The van der Waals surface area contributed by atoms with Gasteiger partial charge in [0.2, 0.25) is 0 Å². The lowest BCUT2D eigenvalue weighted by atomic mass is 10.2. The van der Waals surface area contributed by atoms with Gasteiger partial charge in [-0.15, -0.1) is 0 Å². The third-order valence-corrected chi connectivity index (χ3v) is 3.92. The minimum absolute atomic E-state index is 0.992. The van der Waals surface area contributed by atoms with Crippen LogP contribution in [0.5, 0.6) is 0 Å². The van der Waals surface area contributed by atoms with Gasteiger partial charge < -0.3 is 0 Å². The summed E-state index contributed by atoms with van der Waals surface area (Å²) >= 11 is 0. The van der Waals surface area contributed by atoms with Crippen LogP contribution >= 0.6 is 0 Å². The maximum Gasteiger partial charge on any atom is 0.0536 e. The van der Waals surface area contributed by atoms with Crippen LogP contribution in [0.15, 0.2) is 48.8 Å². The van der Waals surface area contributed by atoms with Gasteiger partial charge in [-0.1, -0.05) is 30.3 Å². The monoisotopic (exact) mass is 270 g/mol. The molecule has 4 nitrogen and oxygen atoms in total. The summed E-state index contributed by atoms with van der Waals surface area (Å²) in [6, 6.07) is 12.7. The highest BCUT2D eigenvalue weighted by molar-refractivity contribution is 5.14. The Morgan fingerprint density at radius 3 is 2.30 bits per heavy atom. The highest BCUT2D eigenvalue weighted by atomic mass is 15.3. The van der Waals surface area contributed by atoms with E-state index in [4.69, 9.17) is 0 Å². The van der Waals surface area contributed by atoms with Crippen LogP contribution in [-0.2, 0) is 13.1 Å². The van der Waals surface area contributed by atoms with Gasteiger partial charge in [-0.2, -0.15) is 5.10 Å². The van der Waals surface area contributed by atoms with Crippen molar-refractivity contribution in [2.45, 2.75) is 13.1 Å². The summed E-state index contributed by atoms with van der Waals surface area (Å²) in [7, 11) is 0. The van der Waals surface area contributed by atoms with Crippen LogP contribution in [0.4, 0.5) is 0 Å². The molecule has 0 atom stereocenters. The zero-order valence-corrected chi connectivity index (χ0v) is 11.9. The number of benzene rings is 1. The molecule has 0 N–H and O–H groups in total. The van der Waals surface area contributed by atoms with Crippen LogP contribution in [0, 0.1) is 0 Å². The van der Waals surface area contributed by atoms with Crippen LogP contribution in [-0.4, -0.2) is 52.3 Å². The number of aromatic nitrogens is 2. The average molecular weight is 270 g/mol. The predicted molar refractivity (Wildman–Crippen MR) is 80.4 cm³/mol. The van der Waals surface area contributed by atoms with Gasteiger partial charge in [0.05, 0.1) is 6.54 Å². The number of nitrogens with zero attached hydrogens (tertiary/aromatic N) is 4. The summed E-state index contributed by atoms with van der Waals surface area (Å²) < 4.78 is 2.01. The van der Waals surface area contributed by atoms with Crippen molar-refractivity contribution in [1.29, 1.82) is 0 Å². The molecule has 0 aliphatic carbocycles. The van der Waals surface area contributed by atoms with Crippen LogP contribution in [0.3, 0.4) is 0 Å². The Hall–Kier alpha value is -1.65. The Morgan fingerprint density at radius 1 is 0.850 bits per heavy atom. The average Bonchev–Trinajstić information content (AvgIpc) is 3.01. The van der Waals surface area contributed by atoms with E-state index in [1.165, 1.54) is 5.56 Å². The van der Waals surface area contributed by atoms with E-state index in [0.29, 0.717) is 0 Å². The van der Waals surface area contributed by atoms with Crippen molar-refractivity contribution in [2.75, 3.05) is 32.7 Å². The quantitative estimate of drug-likeness (QED) is 0.826. The van der Waals surface area contributed by atoms with E-state index < -0.39 is 0 Å². The summed E-state index contributed by atoms with van der Waals surface area (Å²) in [5.41, 5.74) is 1.41. The lowest BCUT2D eigenvalue weighted by Crippen LogP contribution is -2.46. The van der Waals surface area contributed by atoms with Crippen molar-refractivity contribution in [2.24, 2.45) is 0 Å². The smallest absolute Gasteiger partial charge is 0.0536 e. The van der Waals surface area contributed by atoms with Crippen molar-refractivity contribution in [3.8, 4) is 0 Å². The van der Waals surface area contributed by atoms with E-state index >= 15 is 0 Å². The number of rotatable bonds is 5. The first-order chi connectivity index (χ1) is 9.90. The molecule has 106 valence electrons. The topological polar surface area (TPSA) is 24.3 Å². The molecule has 3 rings (SSSR count). The van der Waals surface area contributed by atoms with Crippen molar-refractivity contribution in [3.05, 3.63) is 54.4 Å². The molecule has 4 heteroatoms. The summed E-state index contributed by atoms with van der Waals surface area (Å²) in [6.07, 6.45) is 3.88. The van der Waals surface area contributed by atoms with Crippen LogP contribution in [0.1, 0.15) is 5.56 Å². The second kappa shape index (κ2) is 6.68. The van der Waals surface area contributed by atoms with Gasteiger partial charge >= 0.3 is 0 Å². The fourth-order valence-electron chi connectivity index (χ4n) is 2.69. The highest BCUT2D eigenvalue weighted by Gasteiger charge is 2.16. The first-order valence-corrected chi connectivity index (χ1v) is 7.36. The maximum absolute atomic E-state index is 4.25. The van der Waals surface area contributed by atoms with Crippen LogP contribution in [0.2, 0.25) is 0 Å². The molecule has 2 aromatic rings. The van der Waals surface area contributed by atoms with E-state index in [9.17, 15) is 0 Å². The second-order valence-electron chi connectivity index (χ2n) is 5.37. The molecule has 1 saturated heterocycles. The van der Waals surface area contributed by atoms with Gasteiger partial charge in [0.25, 0.3) is 0 Å². The van der Waals surface area contributed by atoms with E-state index in [1.54, 1.807) is 0 Å². The van der Waals surface area contributed by atoms with Crippen molar-refractivity contribution in [1.82, 2.24) is 19.6 Å². The Morgan fingerprint density at radius 2 is 1.60 bits per heavy atom. The van der Waals surface area contributed by atoms with Gasteiger partial charge in [-0.3, -0.25) is 14.5 Å². The summed E-state index contributed by atoms with van der Waals surface area (Å²) in [5.74, 6) is 0. The minimum Gasteiger partial charge on any atom is -0.299 e. The molecule has 0 saturated carbocycles. The summed E-state index contributed by atoms with van der Waals surface area (Å²) in [5, 5.41) is 4.25. The Balaban J connectivity index is 1.40. The third kappa shape index (κ3) is 3.68. The lowest BCUT2D eigenvalue weighted by Gasteiger charge is -2.34. The second-order valence-corrected chi connectivity index (χ2v) is 5.37. The Kier molecular flexibility index (Phi) is 4.46. The SMILES string of the molecule is c1ccc(CN2CCN(CCn3cccn3)CC2)cc1. The first kappa shape index (κ1) is 13.3. The maximum atomic E-state index is 4.25. The lowest BCUT2D eigenvalue weighted by molar-refractivity contribution is 0.123. The molecule has 1 aliphatic heterocycles. The molecular weight excluding hydrogens is 248 g/mol. The van der Waals surface area contributed by atoms with E-state index in [0.717, 1.165) is 45.8 Å². The van der Waals surface area contributed by atoms with E-state index in [1.807, 2.05) is 23.1 Å². The van der Waals surface area contributed by atoms with Crippen molar-refractivity contribution >= 4 is 0 Å². The number of hydrogen-bond acceptors (Lipinski definition) is 3. The van der Waals surface area contributed by atoms with Gasteiger partial charge in [0.1, 0.15) is 0 Å². The molecule has 0 radical (unpaired) electrons. The molecule has 0 bridgehead atoms. The molecule has 0 amide bonds. The van der Waals surface area contributed by atoms with Gasteiger partial charge in [0, 0.05) is 51.7 Å². The predicted octanol–water partition coefficient (Wildman–Crippen LogP) is 1.70. The Labute approximate surface area is 120 Å². The first-order valence-electron chi connectivity index (χ1n) is 7.36. The summed E-state index contributed by atoms with van der Waals surface area (Å²) in [4.78, 5) is 5.07. The molecule has 0 unspecified atom stereocenters. The minimum atomic E-state index is 0.992. The van der Waals surface area contributed by atoms with Crippen molar-refractivity contribution < 1.29 is 0 Å². The molecule has 1 aliphatic rings. The van der Waals surface area contributed by atoms with Gasteiger partial charge in [-0.05, 0) is 11.6 Å². The van der Waals surface area contributed by atoms with Gasteiger partial charge in [-0.25, -0.2) is 0 Å². The van der Waals surface area contributed by atoms with Gasteiger partial charge in [0.15, 0.2) is 0 Å². The molecule has 1 aromatic carbocycles. The molecular formula is C16H22N4. The van der Waals surface area contributed by atoms with E-state index in [2.05, 4.69) is 45.2 Å². The van der Waals surface area contributed by atoms with Crippen LogP contribution < -0.4 is 0 Å².